The molecule has 0 N–H and O–H groups in total. The molecular formula is C15H25N3O3S. The molecule has 1 saturated heterocycles. The number of likely N-dealkylation sites (N-methyl/N-ethyl adjacent to an activating group) is 1. The largest absolute Gasteiger partial charge is 0.376 e. The second-order valence-corrected chi connectivity index (χ2v) is 8.09. The van der Waals surface area contributed by atoms with Crippen LogP contribution >= 0.6 is 0 Å². The first-order valence-corrected chi connectivity index (χ1v) is 9.35. The normalized spacial score (nSPS) is 19.0. The maximum atomic E-state index is 12.0. The highest BCUT2D eigenvalue weighted by Gasteiger charge is 2.24. The number of nitrogens with zero attached hydrogens (tertiary/aromatic N) is 3. The fraction of sp³-hybridized carbons (Fsp3) is 0.667. The van der Waals surface area contributed by atoms with Crippen molar-refractivity contribution in [3.05, 3.63) is 24.0 Å². The van der Waals surface area contributed by atoms with Gasteiger partial charge < -0.3 is 9.30 Å². The van der Waals surface area contributed by atoms with E-state index < -0.39 is 9.84 Å². The first-order valence-electron chi connectivity index (χ1n) is 7.46. The van der Waals surface area contributed by atoms with E-state index in [-0.39, 0.29) is 11.3 Å². The summed E-state index contributed by atoms with van der Waals surface area (Å²) in [6.07, 6.45) is 4.91. The van der Waals surface area contributed by atoms with Crippen LogP contribution in [0.15, 0.2) is 23.5 Å². The molecule has 6 nitrogen and oxygen atoms in total. The standard InChI is InChI=1S/C15H25N3O3S/c1-12(2)9-17(3)10-13-8-16-15(22(4,19)20)18(13)11-14-6-5-7-21-14/h8,14H,1,5-7,9-11H2,2-4H3/t14-/m0/s1. The molecule has 0 amide bonds. The van der Waals surface area contributed by atoms with Crippen LogP contribution in [0, 0.1) is 0 Å². The van der Waals surface area contributed by atoms with Crippen molar-refractivity contribution < 1.29 is 13.2 Å². The molecule has 124 valence electrons. The zero-order valence-electron chi connectivity index (χ0n) is 13.6. The van der Waals surface area contributed by atoms with Gasteiger partial charge in [0.1, 0.15) is 0 Å². The number of aromatic nitrogens is 2. The Kier molecular flexibility index (Phi) is 5.41. The Labute approximate surface area is 132 Å². The molecule has 7 heteroatoms. The van der Waals surface area contributed by atoms with Gasteiger partial charge in [0, 0.05) is 26.0 Å². The minimum Gasteiger partial charge on any atom is -0.376 e. The summed E-state index contributed by atoms with van der Waals surface area (Å²) >= 11 is 0. The molecule has 1 aliphatic rings. The van der Waals surface area contributed by atoms with Gasteiger partial charge in [-0.05, 0) is 26.8 Å². The van der Waals surface area contributed by atoms with Gasteiger partial charge in [0.15, 0.2) is 0 Å². The molecule has 0 aromatic carbocycles. The van der Waals surface area contributed by atoms with Crippen molar-refractivity contribution in [1.82, 2.24) is 14.5 Å². The van der Waals surface area contributed by atoms with Crippen LogP contribution in [-0.2, 0) is 27.7 Å². The molecule has 2 rings (SSSR count). The van der Waals surface area contributed by atoms with Crippen molar-refractivity contribution in [3.63, 3.8) is 0 Å². The molecular weight excluding hydrogens is 302 g/mol. The van der Waals surface area contributed by atoms with Crippen LogP contribution < -0.4 is 0 Å². The average molecular weight is 327 g/mol. The van der Waals surface area contributed by atoms with Crippen LogP contribution in [0.1, 0.15) is 25.5 Å². The maximum Gasteiger partial charge on any atom is 0.227 e. The van der Waals surface area contributed by atoms with E-state index in [9.17, 15) is 8.42 Å². The molecule has 1 fully saturated rings. The summed E-state index contributed by atoms with van der Waals surface area (Å²) in [5.41, 5.74) is 1.95. The summed E-state index contributed by atoms with van der Waals surface area (Å²) in [7, 11) is -1.37. The van der Waals surface area contributed by atoms with E-state index in [1.54, 1.807) is 10.8 Å². The lowest BCUT2D eigenvalue weighted by molar-refractivity contribution is 0.0935. The third kappa shape index (κ3) is 4.41. The first kappa shape index (κ1) is 17.2. The van der Waals surface area contributed by atoms with Gasteiger partial charge in [-0.1, -0.05) is 12.2 Å². The predicted octanol–water partition coefficient (Wildman–Crippen LogP) is 1.47. The van der Waals surface area contributed by atoms with E-state index in [2.05, 4.69) is 16.5 Å². The van der Waals surface area contributed by atoms with Crippen LogP contribution in [0.4, 0.5) is 0 Å². The number of hydrogen-bond acceptors (Lipinski definition) is 5. The van der Waals surface area contributed by atoms with Crippen molar-refractivity contribution in [2.45, 2.75) is 44.1 Å². The van der Waals surface area contributed by atoms with Gasteiger partial charge in [-0.25, -0.2) is 13.4 Å². The second kappa shape index (κ2) is 6.93. The molecule has 1 atom stereocenters. The molecule has 0 bridgehead atoms. The lowest BCUT2D eigenvalue weighted by Crippen LogP contribution is -2.25. The summed E-state index contributed by atoms with van der Waals surface area (Å²) < 4.78 is 31.3. The summed E-state index contributed by atoms with van der Waals surface area (Å²) in [5, 5.41) is 0.127. The number of sulfone groups is 1. The monoisotopic (exact) mass is 327 g/mol. The quantitative estimate of drug-likeness (QED) is 0.710. The van der Waals surface area contributed by atoms with Gasteiger partial charge in [0.05, 0.1) is 24.5 Å². The number of hydrogen-bond donors (Lipinski definition) is 0. The third-order valence-corrected chi connectivity index (χ3v) is 4.60. The molecule has 0 aliphatic carbocycles. The minimum absolute atomic E-state index is 0.0693. The SMILES string of the molecule is C=C(C)CN(C)Cc1cnc(S(C)(=O)=O)n1C[C@@H]1CCCO1. The van der Waals surface area contributed by atoms with Crippen LogP contribution in [0.2, 0.25) is 0 Å². The van der Waals surface area contributed by atoms with Gasteiger partial charge in [-0.15, -0.1) is 0 Å². The Balaban J connectivity index is 2.24. The molecule has 0 saturated carbocycles. The lowest BCUT2D eigenvalue weighted by atomic mass is 10.2. The Hall–Kier alpha value is -1.18. The Morgan fingerprint density at radius 3 is 2.86 bits per heavy atom. The zero-order chi connectivity index (χ0) is 16.3. The maximum absolute atomic E-state index is 12.0. The van der Waals surface area contributed by atoms with Crippen molar-refractivity contribution in [2.24, 2.45) is 0 Å². The molecule has 0 radical (unpaired) electrons. The van der Waals surface area contributed by atoms with Gasteiger partial charge in [0.2, 0.25) is 15.0 Å². The Morgan fingerprint density at radius 2 is 2.32 bits per heavy atom. The third-order valence-electron chi connectivity index (χ3n) is 3.62. The molecule has 1 aromatic heterocycles. The molecule has 1 aromatic rings. The molecule has 2 heterocycles. The number of rotatable bonds is 7. The number of ether oxygens (including phenoxy) is 1. The summed E-state index contributed by atoms with van der Waals surface area (Å²) in [6, 6.07) is 0. The molecule has 22 heavy (non-hydrogen) atoms. The molecule has 1 aliphatic heterocycles. The Morgan fingerprint density at radius 1 is 1.59 bits per heavy atom. The van der Waals surface area contributed by atoms with Crippen molar-refractivity contribution in [2.75, 3.05) is 26.5 Å². The predicted molar refractivity (Wildman–Crippen MR) is 85.5 cm³/mol. The smallest absolute Gasteiger partial charge is 0.227 e. The minimum atomic E-state index is -3.35. The van der Waals surface area contributed by atoms with Crippen LogP contribution in [-0.4, -0.2) is 55.4 Å². The highest BCUT2D eigenvalue weighted by Crippen LogP contribution is 2.19. The van der Waals surface area contributed by atoms with E-state index in [0.29, 0.717) is 13.1 Å². The fourth-order valence-electron chi connectivity index (χ4n) is 2.79. The van der Waals surface area contributed by atoms with E-state index in [1.807, 2.05) is 14.0 Å². The first-order chi connectivity index (χ1) is 10.3. The van der Waals surface area contributed by atoms with Crippen molar-refractivity contribution in [3.8, 4) is 0 Å². The average Bonchev–Trinajstić information content (AvgIpc) is 2.98. The van der Waals surface area contributed by atoms with Gasteiger partial charge in [-0.2, -0.15) is 0 Å². The van der Waals surface area contributed by atoms with Crippen molar-refractivity contribution >= 4 is 9.84 Å². The molecule has 0 spiro atoms. The van der Waals surface area contributed by atoms with Crippen LogP contribution in [0.3, 0.4) is 0 Å². The summed E-state index contributed by atoms with van der Waals surface area (Å²) in [4.78, 5) is 6.23. The van der Waals surface area contributed by atoms with Crippen LogP contribution in [0.25, 0.3) is 0 Å². The van der Waals surface area contributed by atoms with Gasteiger partial charge in [-0.3, -0.25) is 4.90 Å². The van der Waals surface area contributed by atoms with Crippen molar-refractivity contribution in [1.29, 1.82) is 0 Å². The lowest BCUT2D eigenvalue weighted by Gasteiger charge is -2.20. The number of imidazole rings is 1. The van der Waals surface area contributed by atoms with Crippen LogP contribution in [0.5, 0.6) is 0 Å². The topological polar surface area (TPSA) is 64.4 Å². The second-order valence-electron chi connectivity index (χ2n) is 6.18. The van der Waals surface area contributed by atoms with E-state index in [4.69, 9.17) is 4.74 Å². The van der Waals surface area contributed by atoms with E-state index >= 15 is 0 Å². The zero-order valence-corrected chi connectivity index (χ0v) is 14.4. The van der Waals surface area contributed by atoms with Gasteiger partial charge >= 0.3 is 0 Å². The van der Waals surface area contributed by atoms with Gasteiger partial charge in [0.25, 0.3) is 0 Å². The van der Waals surface area contributed by atoms with E-state index in [1.165, 1.54) is 6.26 Å². The van der Waals surface area contributed by atoms with E-state index in [0.717, 1.165) is 37.3 Å². The fourth-order valence-corrected chi connectivity index (χ4v) is 3.63. The molecule has 0 unspecified atom stereocenters. The summed E-state index contributed by atoms with van der Waals surface area (Å²) in [5.74, 6) is 0. The highest BCUT2D eigenvalue weighted by atomic mass is 32.2. The summed E-state index contributed by atoms with van der Waals surface area (Å²) in [6.45, 7) is 8.56. The highest BCUT2D eigenvalue weighted by molar-refractivity contribution is 7.90. The Bertz CT molecular complexity index is 630.